The molecule has 0 radical (unpaired) electrons. The van der Waals surface area contributed by atoms with Crippen molar-refractivity contribution in [3.63, 3.8) is 0 Å². The van der Waals surface area contributed by atoms with Gasteiger partial charge in [-0.05, 0) is 19.9 Å². The molecule has 0 spiro atoms. The second-order valence-electron chi connectivity index (χ2n) is 3.80. The highest BCUT2D eigenvalue weighted by Gasteiger charge is 2.15. The summed E-state index contributed by atoms with van der Waals surface area (Å²) in [5, 5.41) is 0. The van der Waals surface area contributed by atoms with Crippen molar-refractivity contribution in [2.75, 3.05) is 25.2 Å². The van der Waals surface area contributed by atoms with Gasteiger partial charge in [0.05, 0.1) is 6.61 Å². The first kappa shape index (κ1) is 12.9. The zero-order valence-electron chi connectivity index (χ0n) is 10.3. The largest absolute Gasteiger partial charge is 0.383 e. The summed E-state index contributed by atoms with van der Waals surface area (Å²) in [6.45, 7) is 6.43. The normalized spacial score (nSPS) is 12.5. The Labute approximate surface area is 97.4 Å². The predicted molar refractivity (Wildman–Crippen MR) is 66.5 cm³/mol. The molecule has 4 heteroatoms. The Morgan fingerprint density at radius 2 is 2.31 bits per heavy atom. The number of hydrogen-bond donors (Lipinski definition) is 1. The zero-order chi connectivity index (χ0) is 12.0. The van der Waals surface area contributed by atoms with Crippen molar-refractivity contribution >= 4 is 5.69 Å². The van der Waals surface area contributed by atoms with E-state index in [9.17, 15) is 0 Å². The van der Waals surface area contributed by atoms with Crippen molar-refractivity contribution in [2.45, 2.75) is 26.4 Å². The van der Waals surface area contributed by atoms with Gasteiger partial charge in [0.25, 0.3) is 0 Å². The molecule has 0 bridgehead atoms. The Kier molecular flexibility index (Phi) is 5.22. The minimum absolute atomic E-state index is 0.336. The molecule has 0 saturated heterocycles. The molecule has 16 heavy (non-hydrogen) atoms. The zero-order valence-corrected chi connectivity index (χ0v) is 10.3. The first-order valence-electron chi connectivity index (χ1n) is 5.63. The van der Waals surface area contributed by atoms with E-state index >= 15 is 0 Å². The van der Waals surface area contributed by atoms with E-state index in [0.717, 1.165) is 17.8 Å². The van der Waals surface area contributed by atoms with Crippen LogP contribution in [0.5, 0.6) is 0 Å². The van der Waals surface area contributed by atoms with E-state index in [0.29, 0.717) is 19.2 Å². The van der Waals surface area contributed by atoms with Crippen LogP contribution in [0, 0.1) is 0 Å². The average molecular weight is 223 g/mol. The topological polar surface area (TPSA) is 51.4 Å². The molecule has 1 aromatic heterocycles. The third kappa shape index (κ3) is 2.93. The van der Waals surface area contributed by atoms with Crippen molar-refractivity contribution in [2.24, 2.45) is 5.73 Å². The first-order valence-corrected chi connectivity index (χ1v) is 5.63. The van der Waals surface area contributed by atoms with E-state index in [2.05, 4.69) is 23.7 Å². The van der Waals surface area contributed by atoms with Gasteiger partial charge in [0.15, 0.2) is 0 Å². The first-order chi connectivity index (χ1) is 7.74. The summed E-state index contributed by atoms with van der Waals surface area (Å²) in [6, 6.07) is 2.35. The Bertz CT molecular complexity index is 317. The lowest BCUT2D eigenvalue weighted by molar-refractivity contribution is 0.182. The predicted octanol–water partition coefficient (Wildman–Crippen LogP) is 1.40. The summed E-state index contributed by atoms with van der Waals surface area (Å²) >= 11 is 0. The number of ether oxygens (including phenoxy) is 1. The Hall–Kier alpha value is -1.13. The van der Waals surface area contributed by atoms with E-state index in [4.69, 9.17) is 10.5 Å². The molecule has 0 fully saturated rings. The highest BCUT2D eigenvalue weighted by Crippen LogP contribution is 2.21. The molecule has 2 N–H and O–H groups in total. The van der Waals surface area contributed by atoms with Crippen LogP contribution >= 0.6 is 0 Å². The fourth-order valence-corrected chi connectivity index (χ4v) is 1.91. The lowest BCUT2D eigenvalue weighted by Gasteiger charge is -2.31. The Morgan fingerprint density at radius 1 is 1.56 bits per heavy atom. The van der Waals surface area contributed by atoms with Crippen molar-refractivity contribution in [1.29, 1.82) is 0 Å². The standard InChI is InChI=1S/C12H21N3O/c1-4-15(10(2)9-16-3)12-5-6-14-8-11(12)7-13/h5-6,8,10H,4,7,9,13H2,1-3H3. The number of nitrogens with zero attached hydrogens (tertiary/aromatic N) is 2. The monoisotopic (exact) mass is 223 g/mol. The molecule has 0 aromatic carbocycles. The van der Waals surface area contributed by atoms with Gasteiger partial charge in [-0.25, -0.2) is 0 Å². The van der Waals surface area contributed by atoms with Crippen LogP contribution in [-0.4, -0.2) is 31.3 Å². The molecule has 90 valence electrons. The molecule has 1 atom stereocenters. The molecule has 4 nitrogen and oxygen atoms in total. The number of rotatable bonds is 6. The van der Waals surface area contributed by atoms with Crippen molar-refractivity contribution in [3.05, 3.63) is 24.0 Å². The lowest BCUT2D eigenvalue weighted by atomic mass is 10.1. The van der Waals surface area contributed by atoms with Crippen LogP contribution in [0.25, 0.3) is 0 Å². The molecule has 1 heterocycles. The second-order valence-corrected chi connectivity index (χ2v) is 3.80. The third-order valence-electron chi connectivity index (χ3n) is 2.69. The fraction of sp³-hybridized carbons (Fsp3) is 0.583. The van der Waals surface area contributed by atoms with E-state index in [1.165, 1.54) is 0 Å². The van der Waals surface area contributed by atoms with Gasteiger partial charge in [-0.1, -0.05) is 0 Å². The van der Waals surface area contributed by atoms with Gasteiger partial charge in [-0.3, -0.25) is 4.98 Å². The van der Waals surface area contributed by atoms with Gasteiger partial charge in [-0.15, -0.1) is 0 Å². The summed E-state index contributed by atoms with van der Waals surface area (Å²) in [7, 11) is 1.72. The smallest absolute Gasteiger partial charge is 0.0663 e. The highest BCUT2D eigenvalue weighted by molar-refractivity contribution is 5.52. The van der Waals surface area contributed by atoms with E-state index in [1.807, 2.05) is 12.3 Å². The molecule has 1 unspecified atom stereocenters. The van der Waals surface area contributed by atoms with Crippen molar-refractivity contribution in [1.82, 2.24) is 4.98 Å². The molecule has 1 rings (SSSR count). The molecular weight excluding hydrogens is 202 g/mol. The maximum atomic E-state index is 5.72. The van der Waals surface area contributed by atoms with Gasteiger partial charge in [0.2, 0.25) is 0 Å². The summed E-state index contributed by atoms with van der Waals surface area (Å²) in [5.41, 5.74) is 7.95. The Balaban J connectivity index is 2.93. The summed E-state index contributed by atoms with van der Waals surface area (Å²) in [6.07, 6.45) is 3.63. The summed E-state index contributed by atoms with van der Waals surface area (Å²) in [4.78, 5) is 6.39. The number of nitrogens with two attached hydrogens (primary N) is 1. The molecule has 0 aliphatic carbocycles. The number of likely N-dealkylation sites (N-methyl/N-ethyl adjacent to an activating group) is 1. The maximum Gasteiger partial charge on any atom is 0.0663 e. The molecule has 0 amide bonds. The average Bonchev–Trinajstić information content (AvgIpc) is 2.31. The van der Waals surface area contributed by atoms with E-state index < -0.39 is 0 Å². The number of pyridine rings is 1. The van der Waals surface area contributed by atoms with Gasteiger partial charge in [0, 0.05) is 49.9 Å². The number of hydrogen-bond acceptors (Lipinski definition) is 4. The van der Waals surface area contributed by atoms with Crippen LogP contribution in [0.2, 0.25) is 0 Å². The second kappa shape index (κ2) is 6.45. The third-order valence-corrected chi connectivity index (χ3v) is 2.69. The molecule has 1 aromatic rings. The van der Waals surface area contributed by atoms with Crippen LogP contribution in [-0.2, 0) is 11.3 Å². The number of anilines is 1. The van der Waals surface area contributed by atoms with Crippen molar-refractivity contribution < 1.29 is 4.74 Å². The van der Waals surface area contributed by atoms with Crippen LogP contribution in [0.15, 0.2) is 18.5 Å². The van der Waals surface area contributed by atoms with Crippen LogP contribution in [0.4, 0.5) is 5.69 Å². The maximum absolute atomic E-state index is 5.72. The quantitative estimate of drug-likeness (QED) is 0.792. The molecule has 0 aliphatic rings. The fourth-order valence-electron chi connectivity index (χ4n) is 1.91. The van der Waals surface area contributed by atoms with Crippen LogP contribution in [0.1, 0.15) is 19.4 Å². The number of aromatic nitrogens is 1. The molecule has 0 aliphatic heterocycles. The minimum Gasteiger partial charge on any atom is -0.383 e. The summed E-state index contributed by atoms with van der Waals surface area (Å²) in [5.74, 6) is 0. The van der Waals surface area contributed by atoms with Crippen LogP contribution in [0.3, 0.4) is 0 Å². The van der Waals surface area contributed by atoms with E-state index in [-0.39, 0.29) is 0 Å². The van der Waals surface area contributed by atoms with Crippen molar-refractivity contribution in [3.8, 4) is 0 Å². The van der Waals surface area contributed by atoms with Gasteiger partial charge in [0.1, 0.15) is 0 Å². The van der Waals surface area contributed by atoms with Crippen LogP contribution < -0.4 is 10.6 Å². The Morgan fingerprint density at radius 3 is 2.88 bits per heavy atom. The minimum atomic E-state index is 0.336. The van der Waals surface area contributed by atoms with Gasteiger partial charge >= 0.3 is 0 Å². The van der Waals surface area contributed by atoms with Gasteiger partial charge in [-0.2, -0.15) is 0 Å². The SMILES string of the molecule is CCN(c1ccncc1CN)C(C)COC. The van der Waals surface area contributed by atoms with E-state index in [1.54, 1.807) is 13.3 Å². The number of methoxy groups -OCH3 is 1. The van der Waals surface area contributed by atoms with Gasteiger partial charge < -0.3 is 15.4 Å². The highest BCUT2D eigenvalue weighted by atomic mass is 16.5. The molecular formula is C12H21N3O. The molecule has 0 saturated carbocycles. The lowest BCUT2D eigenvalue weighted by Crippen LogP contribution is -2.37. The summed E-state index contributed by atoms with van der Waals surface area (Å²) < 4.78 is 5.19.